The highest BCUT2D eigenvalue weighted by atomic mass is 16.1. The molecule has 0 amide bonds. The van der Waals surface area contributed by atoms with E-state index < -0.39 is 0 Å². The number of rotatable bonds is 4. The molecule has 0 radical (unpaired) electrons. The Morgan fingerprint density at radius 2 is 2.12 bits per heavy atom. The number of carbonyl (C=O) groups is 1. The topological polar surface area (TPSA) is 47.8 Å². The zero-order chi connectivity index (χ0) is 16.5. The second-order valence-electron chi connectivity index (χ2n) is 6.33. The van der Waals surface area contributed by atoms with Gasteiger partial charge in [-0.25, -0.2) is 0 Å². The van der Waals surface area contributed by atoms with Crippen molar-refractivity contribution in [2.75, 3.05) is 0 Å². The molecule has 0 saturated heterocycles. The summed E-state index contributed by atoms with van der Waals surface area (Å²) >= 11 is 0. The first-order chi connectivity index (χ1) is 11.7. The first-order valence-corrected chi connectivity index (χ1v) is 8.28. The molecule has 4 rings (SSSR count). The Hall–Kier alpha value is -2.75. The molecule has 0 spiro atoms. The number of fused-ring (bicyclic) bond motifs is 1. The molecule has 120 valence electrons. The Kier molecular flexibility index (Phi) is 3.73. The third-order valence-corrected chi connectivity index (χ3v) is 4.84. The maximum atomic E-state index is 12.5. The van der Waals surface area contributed by atoms with Crippen molar-refractivity contribution in [3.8, 4) is 11.3 Å². The molecule has 1 aliphatic rings. The molecule has 4 nitrogen and oxygen atoms in total. The highest BCUT2D eigenvalue weighted by molar-refractivity contribution is 5.95. The summed E-state index contributed by atoms with van der Waals surface area (Å²) in [5.41, 5.74) is 5.49. The maximum Gasteiger partial charge on any atom is 0.181 e. The van der Waals surface area contributed by atoms with Crippen LogP contribution in [0.1, 0.15) is 40.4 Å². The van der Waals surface area contributed by atoms with Gasteiger partial charge in [0.25, 0.3) is 0 Å². The number of pyridine rings is 1. The molecular weight excluding hydrogens is 298 g/mol. The van der Waals surface area contributed by atoms with Crippen LogP contribution in [0.5, 0.6) is 0 Å². The zero-order valence-electron chi connectivity index (χ0n) is 13.6. The molecule has 3 aromatic rings. The van der Waals surface area contributed by atoms with E-state index in [4.69, 9.17) is 0 Å². The van der Waals surface area contributed by atoms with Crippen LogP contribution in [0, 0.1) is 0 Å². The van der Waals surface area contributed by atoms with Crippen molar-refractivity contribution in [3.05, 3.63) is 71.7 Å². The number of nitrogens with zero attached hydrogens (tertiary/aromatic N) is 3. The van der Waals surface area contributed by atoms with Crippen molar-refractivity contribution in [3.63, 3.8) is 0 Å². The van der Waals surface area contributed by atoms with Gasteiger partial charge in [0, 0.05) is 31.4 Å². The average Bonchev–Trinajstić information content (AvgIpc) is 3.21. The first kappa shape index (κ1) is 14.8. The summed E-state index contributed by atoms with van der Waals surface area (Å²) in [6.07, 6.45) is 6.10. The molecule has 0 fully saturated rings. The third-order valence-electron chi connectivity index (χ3n) is 4.84. The minimum absolute atomic E-state index is 0.168. The summed E-state index contributed by atoms with van der Waals surface area (Å²) in [6, 6.07) is 14.3. The van der Waals surface area contributed by atoms with E-state index >= 15 is 0 Å². The largest absolute Gasteiger partial charge is 0.292 e. The van der Waals surface area contributed by atoms with Gasteiger partial charge >= 0.3 is 0 Å². The van der Waals surface area contributed by atoms with Gasteiger partial charge in [0.1, 0.15) is 5.69 Å². The van der Waals surface area contributed by atoms with Gasteiger partial charge in [-0.1, -0.05) is 18.2 Å². The van der Waals surface area contributed by atoms with E-state index in [9.17, 15) is 4.79 Å². The summed E-state index contributed by atoms with van der Waals surface area (Å²) in [5.74, 6) is 0.474. The van der Waals surface area contributed by atoms with E-state index in [-0.39, 0.29) is 5.78 Å². The van der Waals surface area contributed by atoms with Crippen LogP contribution in [0.2, 0.25) is 0 Å². The molecule has 0 aliphatic heterocycles. The van der Waals surface area contributed by atoms with Crippen molar-refractivity contribution < 1.29 is 4.79 Å². The predicted molar refractivity (Wildman–Crippen MR) is 92.9 cm³/mol. The van der Waals surface area contributed by atoms with Crippen LogP contribution >= 0.6 is 0 Å². The number of carbonyl (C=O) groups excluding carboxylic acids is 1. The fourth-order valence-electron chi connectivity index (χ4n) is 3.59. The summed E-state index contributed by atoms with van der Waals surface area (Å²) in [5, 5.41) is 4.09. The second kappa shape index (κ2) is 6.04. The highest BCUT2D eigenvalue weighted by Crippen LogP contribution is 2.38. The van der Waals surface area contributed by atoms with Crippen molar-refractivity contribution in [1.29, 1.82) is 0 Å². The van der Waals surface area contributed by atoms with Gasteiger partial charge in [0.05, 0.1) is 5.69 Å². The second-order valence-corrected chi connectivity index (χ2v) is 6.33. The standard InChI is InChI=1S/C20H19N3O/c1-23-19(9-11-22-23)20(24)13-15-6-5-14-12-16(7-8-17(14)15)18-4-2-3-10-21-18/h2-4,7-12,15H,5-6,13H2,1H3/t15-/m0/s1. The first-order valence-electron chi connectivity index (χ1n) is 8.28. The van der Waals surface area contributed by atoms with Crippen molar-refractivity contribution in [2.45, 2.75) is 25.2 Å². The lowest BCUT2D eigenvalue weighted by Gasteiger charge is -2.11. The molecular formula is C20H19N3O. The van der Waals surface area contributed by atoms with E-state index in [2.05, 4.69) is 28.3 Å². The van der Waals surface area contributed by atoms with Crippen LogP contribution in [-0.4, -0.2) is 20.5 Å². The normalized spacial score (nSPS) is 16.1. The quantitative estimate of drug-likeness (QED) is 0.688. The van der Waals surface area contributed by atoms with Gasteiger partial charge in [0.2, 0.25) is 0 Å². The fourth-order valence-corrected chi connectivity index (χ4v) is 3.59. The van der Waals surface area contributed by atoms with Crippen LogP contribution in [0.15, 0.2) is 54.9 Å². The van der Waals surface area contributed by atoms with Crippen LogP contribution in [0.4, 0.5) is 0 Å². The van der Waals surface area contributed by atoms with E-state index in [1.807, 2.05) is 31.4 Å². The number of hydrogen-bond acceptors (Lipinski definition) is 3. The number of aromatic nitrogens is 3. The molecule has 4 heteroatoms. The lowest BCUT2D eigenvalue weighted by molar-refractivity contribution is 0.0964. The molecule has 0 bridgehead atoms. The SMILES string of the molecule is Cn1nccc1C(=O)C[C@@H]1CCc2cc(-c3ccccn3)ccc21. The molecule has 0 saturated carbocycles. The van der Waals surface area contributed by atoms with Crippen molar-refractivity contribution >= 4 is 5.78 Å². The van der Waals surface area contributed by atoms with E-state index in [1.54, 1.807) is 16.9 Å². The molecule has 1 aromatic carbocycles. The highest BCUT2D eigenvalue weighted by Gasteiger charge is 2.26. The van der Waals surface area contributed by atoms with Gasteiger partial charge in [-0.05, 0) is 54.2 Å². The maximum absolute atomic E-state index is 12.5. The van der Waals surface area contributed by atoms with Crippen LogP contribution in [0.25, 0.3) is 11.3 Å². The molecule has 2 heterocycles. The monoisotopic (exact) mass is 317 g/mol. The van der Waals surface area contributed by atoms with E-state index in [1.165, 1.54) is 11.1 Å². The van der Waals surface area contributed by atoms with Crippen LogP contribution < -0.4 is 0 Å². The molecule has 24 heavy (non-hydrogen) atoms. The lowest BCUT2D eigenvalue weighted by Crippen LogP contribution is -2.10. The zero-order valence-corrected chi connectivity index (χ0v) is 13.6. The van der Waals surface area contributed by atoms with Crippen LogP contribution in [-0.2, 0) is 13.5 Å². The van der Waals surface area contributed by atoms with E-state index in [0.717, 1.165) is 24.1 Å². The summed E-state index contributed by atoms with van der Waals surface area (Å²) < 4.78 is 1.66. The Balaban J connectivity index is 1.57. The average molecular weight is 317 g/mol. The van der Waals surface area contributed by atoms with Crippen molar-refractivity contribution in [2.24, 2.45) is 7.05 Å². The third kappa shape index (κ3) is 2.64. The fraction of sp³-hybridized carbons (Fsp3) is 0.250. The Morgan fingerprint density at radius 3 is 2.88 bits per heavy atom. The number of aryl methyl sites for hydroxylation is 2. The Morgan fingerprint density at radius 1 is 1.21 bits per heavy atom. The molecule has 1 aliphatic carbocycles. The number of hydrogen-bond donors (Lipinski definition) is 0. The molecule has 1 atom stereocenters. The Labute approximate surface area is 141 Å². The predicted octanol–water partition coefficient (Wildman–Crippen LogP) is 3.78. The molecule has 0 N–H and O–H groups in total. The van der Waals surface area contributed by atoms with Gasteiger partial charge in [-0.2, -0.15) is 5.10 Å². The van der Waals surface area contributed by atoms with Gasteiger partial charge in [-0.15, -0.1) is 0 Å². The summed E-state index contributed by atoms with van der Waals surface area (Å²) in [4.78, 5) is 16.9. The number of benzene rings is 1. The number of ketones is 1. The smallest absolute Gasteiger partial charge is 0.181 e. The van der Waals surface area contributed by atoms with Gasteiger partial charge in [0.15, 0.2) is 5.78 Å². The molecule has 2 aromatic heterocycles. The lowest BCUT2D eigenvalue weighted by atomic mass is 9.93. The van der Waals surface area contributed by atoms with Gasteiger partial charge in [-0.3, -0.25) is 14.5 Å². The summed E-state index contributed by atoms with van der Waals surface area (Å²) in [6.45, 7) is 0. The minimum Gasteiger partial charge on any atom is -0.292 e. The van der Waals surface area contributed by atoms with Crippen molar-refractivity contribution in [1.82, 2.24) is 14.8 Å². The van der Waals surface area contributed by atoms with E-state index in [0.29, 0.717) is 18.0 Å². The van der Waals surface area contributed by atoms with Gasteiger partial charge < -0.3 is 0 Å². The summed E-state index contributed by atoms with van der Waals surface area (Å²) in [7, 11) is 1.81. The number of Topliss-reactive ketones (excluding diaryl/α,β-unsaturated/α-hetero) is 1. The van der Waals surface area contributed by atoms with Crippen LogP contribution in [0.3, 0.4) is 0 Å². The molecule has 0 unspecified atom stereocenters. The Bertz CT molecular complexity index is 883. The minimum atomic E-state index is 0.168.